The SMILES string of the molecule is CCCc1c(-c2cccnc2)nc(N)c(C#N)c1-c1cnc(NCC)nc1. The summed E-state index contributed by atoms with van der Waals surface area (Å²) in [6.07, 6.45) is 8.54. The zero-order chi connectivity index (χ0) is 19.2. The van der Waals surface area contributed by atoms with Gasteiger partial charge >= 0.3 is 0 Å². The Hall–Kier alpha value is -3.53. The predicted molar refractivity (Wildman–Crippen MR) is 106 cm³/mol. The van der Waals surface area contributed by atoms with Gasteiger partial charge in [-0.05, 0) is 31.0 Å². The van der Waals surface area contributed by atoms with E-state index < -0.39 is 0 Å². The molecule has 27 heavy (non-hydrogen) atoms. The van der Waals surface area contributed by atoms with Gasteiger partial charge in [0.1, 0.15) is 17.5 Å². The lowest BCUT2D eigenvalue weighted by Crippen LogP contribution is -2.07. The van der Waals surface area contributed by atoms with Crippen molar-refractivity contribution in [2.75, 3.05) is 17.6 Å². The van der Waals surface area contributed by atoms with Crippen LogP contribution in [0.3, 0.4) is 0 Å². The number of rotatable bonds is 6. The van der Waals surface area contributed by atoms with Gasteiger partial charge in [0, 0.05) is 48.0 Å². The number of nitrogens with zero attached hydrogens (tertiary/aromatic N) is 5. The largest absolute Gasteiger partial charge is 0.383 e. The molecule has 3 aromatic rings. The van der Waals surface area contributed by atoms with E-state index in [-0.39, 0.29) is 5.82 Å². The van der Waals surface area contributed by atoms with E-state index in [2.05, 4.69) is 38.2 Å². The maximum Gasteiger partial charge on any atom is 0.222 e. The topological polar surface area (TPSA) is 113 Å². The molecule has 7 nitrogen and oxygen atoms in total. The summed E-state index contributed by atoms with van der Waals surface area (Å²) in [5.41, 5.74) is 10.5. The van der Waals surface area contributed by atoms with E-state index in [0.717, 1.165) is 47.3 Å². The Morgan fingerprint density at radius 2 is 1.93 bits per heavy atom. The highest BCUT2D eigenvalue weighted by Gasteiger charge is 2.21. The average molecular weight is 359 g/mol. The third-order valence-corrected chi connectivity index (χ3v) is 4.15. The van der Waals surface area contributed by atoms with E-state index in [4.69, 9.17) is 5.73 Å². The van der Waals surface area contributed by atoms with Crippen LogP contribution >= 0.6 is 0 Å². The van der Waals surface area contributed by atoms with Crippen LogP contribution < -0.4 is 11.1 Å². The van der Waals surface area contributed by atoms with E-state index in [1.54, 1.807) is 24.8 Å². The highest BCUT2D eigenvalue weighted by Crippen LogP contribution is 2.36. The van der Waals surface area contributed by atoms with E-state index in [9.17, 15) is 5.26 Å². The Labute approximate surface area is 158 Å². The molecular weight excluding hydrogens is 338 g/mol. The van der Waals surface area contributed by atoms with Gasteiger partial charge in [-0.1, -0.05) is 13.3 Å². The van der Waals surface area contributed by atoms with Crippen molar-refractivity contribution in [3.05, 3.63) is 48.0 Å². The number of nitrogen functional groups attached to an aromatic ring is 1. The molecule has 3 heterocycles. The van der Waals surface area contributed by atoms with Gasteiger partial charge in [0.2, 0.25) is 5.95 Å². The average Bonchev–Trinajstić information content (AvgIpc) is 2.70. The molecule has 0 aromatic carbocycles. The minimum absolute atomic E-state index is 0.196. The fraction of sp³-hybridized carbons (Fsp3) is 0.250. The summed E-state index contributed by atoms with van der Waals surface area (Å²) in [5.74, 6) is 0.744. The van der Waals surface area contributed by atoms with Crippen molar-refractivity contribution in [2.24, 2.45) is 0 Å². The van der Waals surface area contributed by atoms with Gasteiger partial charge in [0.05, 0.1) is 5.69 Å². The predicted octanol–water partition coefficient (Wildman–Crippen LogP) is 3.44. The minimum Gasteiger partial charge on any atom is -0.383 e. The Balaban J connectivity index is 2.27. The second-order valence-corrected chi connectivity index (χ2v) is 6.00. The van der Waals surface area contributed by atoms with Crippen LogP contribution in [0.25, 0.3) is 22.4 Å². The molecule has 0 saturated heterocycles. The number of nitrogens with one attached hydrogen (secondary N) is 1. The summed E-state index contributed by atoms with van der Waals surface area (Å²) in [4.78, 5) is 17.4. The summed E-state index contributed by atoms with van der Waals surface area (Å²) in [5, 5.41) is 12.8. The fourth-order valence-corrected chi connectivity index (χ4v) is 3.01. The van der Waals surface area contributed by atoms with Crippen molar-refractivity contribution >= 4 is 11.8 Å². The first-order valence-electron chi connectivity index (χ1n) is 8.88. The Morgan fingerprint density at radius 1 is 1.15 bits per heavy atom. The summed E-state index contributed by atoms with van der Waals surface area (Å²) >= 11 is 0. The molecule has 0 aliphatic rings. The van der Waals surface area contributed by atoms with E-state index in [1.165, 1.54) is 0 Å². The number of hydrogen-bond donors (Lipinski definition) is 2. The van der Waals surface area contributed by atoms with Gasteiger partial charge in [-0.3, -0.25) is 4.98 Å². The lowest BCUT2D eigenvalue weighted by Gasteiger charge is -2.17. The second kappa shape index (κ2) is 8.23. The standard InChI is InChI=1S/C20H21N7/c1-3-6-15-17(14-11-25-20(24-4-2)26-12-14)16(9-21)19(22)27-18(15)13-7-5-8-23-10-13/h5,7-8,10-12H,3-4,6H2,1-2H3,(H2,22,27)(H,24,25,26). The van der Waals surface area contributed by atoms with Crippen molar-refractivity contribution in [3.63, 3.8) is 0 Å². The lowest BCUT2D eigenvalue weighted by molar-refractivity contribution is 0.917. The number of anilines is 2. The van der Waals surface area contributed by atoms with Gasteiger partial charge in [0.25, 0.3) is 0 Å². The highest BCUT2D eigenvalue weighted by atomic mass is 15.1. The monoisotopic (exact) mass is 359 g/mol. The van der Waals surface area contributed by atoms with Gasteiger partial charge in [-0.2, -0.15) is 5.26 Å². The fourth-order valence-electron chi connectivity index (χ4n) is 3.01. The number of hydrogen-bond acceptors (Lipinski definition) is 7. The van der Waals surface area contributed by atoms with E-state index >= 15 is 0 Å². The number of nitrogens with two attached hydrogens (primary N) is 1. The van der Waals surface area contributed by atoms with E-state index in [1.807, 2.05) is 19.1 Å². The number of pyridine rings is 2. The molecule has 0 saturated carbocycles. The van der Waals surface area contributed by atoms with Crippen molar-refractivity contribution in [2.45, 2.75) is 26.7 Å². The number of nitriles is 1. The molecule has 0 bridgehead atoms. The van der Waals surface area contributed by atoms with Crippen LogP contribution in [-0.4, -0.2) is 26.5 Å². The molecule has 0 atom stereocenters. The van der Waals surface area contributed by atoms with Gasteiger partial charge in [-0.25, -0.2) is 15.0 Å². The molecular formula is C20H21N7. The van der Waals surface area contributed by atoms with Crippen molar-refractivity contribution in [1.82, 2.24) is 19.9 Å². The molecule has 0 aliphatic carbocycles. The Kier molecular flexibility index (Phi) is 5.57. The maximum atomic E-state index is 9.72. The molecule has 0 amide bonds. The van der Waals surface area contributed by atoms with Crippen LogP contribution in [0.5, 0.6) is 0 Å². The zero-order valence-electron chi connectivity index (χ0n) is 15.4. The summed E-state index contributed by atoms with van der Waals surface area (Å²) < 4.78 is 0. The molecule has 0 radical (unpaired) electrons. The van der Waals surface area contributed by atoms with Crippen molar-refractivity contribution in [1.29, 1.82) is 5.26 Å². The van der Waals surface area contributed by atoms with Crippen LogP contribution in [0, 0.1) is 11.3 Å². The van der Waals surface area contributed by atoms with Crippen molar-refractivity contribution in [3.8, 4) is 28.5 Å². The molecule has 0 unspecified atom stereocenters. The minimum atomic E-state index is 0.196. The summed E-state index contributed by atoms with van der Waals surface area (Å²) in [6.45, 7) is 4.80. The smallest absolute Gasteiger partial charge is 0.222 e. The second-order valence-electron chi connectivity index (χ2n) is 6.00. The van der Waals surface area contributed by atoms with Crippen LogP contribution in [0.4, 0.5) is 11.8 Å². The van der Waals surface area contributed by atoms with Crippen LogP contribution in [0.2, 0.25) is 0 Å². The third kappa shape index (κ3) is 3.70. The third-order valence-electron chi connectivity index (χ3n) is 4.15. The van der Waals surface area contributed by atoms with E-state index in [0.29, 0.717) is 11.5 Å². The molecule has 136 valence electrons. The first-order chi connectivity index (χ1) is 13.2. The Morgan fingerprint density at radius 3 is 2.52 bits per heavy atom. The highest BCUT2D eigenvalue weighted by molar-refractivity contribution is 5.84. The zero-order valence-corrected chi connectivity index (χ0v) is 15.4. The molecule has 3 rings (SSSR count). The van der Waals surface area contributed by atoms with Gasteiger partial charge < -0.3 is 11.1 Å². The molecule has 0 spiro atoms. The molecule has 3 aromatic heterocycles. The first-order valence-corrected chi connectivity index (χ1v) is 8.88. The molecule has 3 N–H and O–H groups in total. The van der Waals surface area contributed by atoms with Crippen LogP contribution in [0.15, 0.2) is 36.9 Å². The maximum absolute atomic E-state index is 9.72. The quantitative estimate of drug-likeness (QED) is 0.693. The molecule has 0 fully saturated rings. The molecule has 0 aliphatic heterocycles. The van der Waals surface area contributed by atoms with Crippen LogP contribution in [0.1, 0.15) is 31.4 Å². The first kappa shape index (κ1) is 18.3. The normalized spacial score (nSPS) is 10.4. The number of aromatic nitrogens is 4. The van der Waals surface area contributed by atoms with Crippen LogP contribution in [-0.2, 0) is 6.42 Å². The summed E-state index contributed by atoms with van der Waals surface area (Å²) in [7, 11) is 0. The summed E-state index contributed by atoms with van der Waals surface area (Å²) in [6, 6.07) is 6.00. The molecule has 7 heteroatoms. The lowest BCUT2D eigenvalue weighted by atomic mass is 9.91. The van der Waals surface area contributed by atoms with Gasteiger partial charge in [0.15, 0.2) is 0 Å². The van der Waals surface area contributed by atoms with Crippen molar-refractivity contribution < 1.29 is 0 Å². The van der Waals surface area contributed by atoms with Gasteiger partial charge in [-0.15, -0.1) is 0 Å². The Bertz CT molecular complexity index is 960.